The first kappa shape index (κ1) is 12.4. The van der Waals surface area contributed by atoms with E-state index in [1.165, 1.54) is 0 Å². The minimum Gasteiger partial charge on any atom is -0.481 e. The highest BCUT2D eigenvalue weighted by Crippen LogP contribution is 2.34. The fraction of sp³-hybridized carbons (Fsp3) is 0.286. The number of aromatic nitrogens is 2. The van der Waals surface area contributed by atoms with Gasteiger partial charge in [0, 0.05) is 10.4 Å². The average molecular weight is 321 g/mol. The van der Waals surface area contributed by atoms with E-state index in [0.717, 1.165) is 27.8 Å². The van der Waals surface area contributed by atoms with Crippen LogP contribution in [-0.4, -0.2) is 21.0 Å². The van der Waals surface area contributed by atoms with Gasteiger partial charge in [-0.1, -0.05) is 28.1 Å². The summed E-state index contributed by atoms with van der Waals surface area (Å²) in [5, 5.41) is 9.31. The number of aliphatic carboxylic acids is 1. The summed E-state index contributed by atoms with van der Waals surface area (Å²) in [7, 11) is 0. The molecule has 1 aliphatic rings. The molecule has 0 amide bonds. The molecule has 2 atom stereocenters. The van der Waals surface area contributed by atoms with Crippen LogP contribution in [0.1, 0.15) is 24.6 Å². The van der Waals surface area contributed by atoms with Crippen LogP contribution < -0.4 is 0 Å². The Morgan fingerprint density at radius 2 is 2.16 bits per heavy atom. The Bertz CT molecular complexity index is 663. The number of nitrogens with zero attached hydrogens (tertiary/aromatic N) is 1. The quantitative estimate of drug-likeness (QED) is 0.833. The molecule has 0 radical (unpaired) electrons. The first-order valence-corrected chi connectivity index (χ1v) is 6.97. The first-order chi connectivity index (χ1) is 9.15. The van der Waals surface area contributed by atoms with Crippen molar-refractivity contribution < 1.29 is 9.90 Å². The van der Waals surface area contributed by atoms with Gasteiger partial charge >= 0.3 is 5.97 Å². The number of benzene rings is 1. The summed E-state index contributed by atoms with van der Waals surface area (Å²) < 4.78 is 0.980. The molecule has 2 aromatic rings. The zero-order valence-electron chi connectivity index (χ0n) is 10.1. The maximum atomic E-state index is 11.3. The number of hydrogen-bond donors (Lipinski definition) is 2. The Morgan fingerprint density at radius 1 is 1.37 bits per heavy atom. The van der Waals surface area contributed by atoms with Crippen LogP contribution in [0.15, 0.2) is 34.8 Å². The highest BCUT2D eigenvalue weighted by Gasteiger charge is 2.31. The molecule has 0 fully saturated rings. The molecule has 0 saturated heterocycles. The molecule has 3 rings (SSSR count). The number of carbonyl (C=O) groups is 1. The lowest BCUT2D eigenvalue weighted by Crippen LogP contribution is -2.24. The van der Waals surface area contributed by atoms with E-state index < -0.39 is 11.9 Å². The Labute approximate surface area is 118 Å². The number of H-pyrrole nitrogens is 1. The summed E-state index contributed by atoms with van der Waals surface area (Å²) in [6.07, 6.45) is 5.26. The molecule has 1 aliphatic carbocycles. The monoisotopic (exact) mass is 320 g/mol. The molecular weight excluding hydrogens is 308 g/mol. The van der Waals surface area contributed by atoms with Gasteiger partial charge in [-0.3, -0.25) is 4.79 Å². The third-order valence-corrected chi connectivity index (χ3v) is 4.06. The summed E-state index contributed by atoms with van der Waals surface area (Å²) in [5.74, 6) is -0.455. The Balaban J connectivity index is 2.02. The summed E-state index contributed by atoms with van der Waals surface area (Å²) in [6.45, 7) is 0. The van der Waals surface area contributed by atoms with Gasteiger partial charge in [-0.25, -0.2) is 4.98 Å². The number of carboxylic acids is 1. The van der Waals surface area contributed by atoms with Gasteiger partial charge in [0.15, 0.2) is 0 Å². The zero-order valence-corrected chi connectivity index (χ0v) is 11.7. The number of carboxylic acid groups (broad SMARTS) is 1. The number of fused-ring (bicyclic) bond motifs is 1. The van der Waals surface area contributed by atoms with E-state index in [-0.39, 0.29) is 5.92 Å². The van der Waals surface area contributed by atoms with Crippen molar-refractivity contribution in [2.75, 3.05) is 0 Å². The Hall–Kier alpha value is -1.62. The van der Waals surface area contributed by atoms with Crippen molar-refractivity contribution in [2.45, 2.75) is 18.8 Å². The van der Waals surface area contributed by atoms with Gasteiger partial charge in [-0.05, 0) is 31.0 Å². The van der Waals surface area contributed by atoms with E-state index >= 15 is 0 Å². The van der Waals surface area contributed by atoms with Crippen LogP contribution in [0.4, 0.5) is 0 Å². The second-order valence-electron chi connectivity index (χ2n) is 4.78. The molecule has 5 heteroatoms. The first-order valence-electron chi connectivity index (χ1n) is 6.18. The van der Waals surface area contributed by atoms with Gasteiger partial charge in [0.2, 0.25) is 0 Å². The summed E-state index contributed by atoms with van der Waals surface area (Å²) in [4.78, 5) is 19.1. The minimum absolute atomic E-state index is 0.0753. The maximum absolute atomic E-state index is 11.3. The number of halogens is 1. The minimum atomic E-state index is -0.754. The van der Waals surface area contributed by atoms with E-state index in [1.807, 2.05) is 30.4 Å². The summed E-state index contributed by atoms with van der Waals surface area (Å²) in [5.41, 5.74) is 1.81. The van der Waals surface area contributed by atoms with Gasteiger partial charge < -0.3 is 10.1 Å². The molecule has 0 bridgehead atoms. The molecule has 4 nitrogen and oxygen atoms in total. The van der Waals surface area contributed by atoms with Crippen LogP contribution in [0.2, 0.25) is 0 Å². The molecule has 0 aliphatic heterocycles. The topological polar surface area (TPSA) is 66.0 Å². The predicted octanol–water partition coefficient (Wildman–Crippen LogP) is 3.46. The molecular formula is C14H13BrN2O2. The lowest BCUT2D eigenvalue weighted by atomic mass is 9.82. The van der Waals surface area contributed by atoms with Crippen LogP contribution in [-0.2, 0) is 4.79 Å². The molecule has 2 N–H and O–H groups in total. The number of aromatic amines is 1. The number of allylic oxidation sites excluding steroid dienone is 2. The van der Waals surface area contributed by atoms with E-state index in [9.17, 15) is 9.90 Å². The molecule has 0 saturated carbocycles. The molecule has 1 aromatic heterocycles. The Morgan fingerprint density at radius 3 is 2.95 bits per heavy atom. The second-order valence-corrected chi connectivity index (χ2v) is 5.69. The van der Waals surface area contributed by atoms with E-state index in [0.29, 0.717) is 6.42 Å². The van der Waals surface area contributed by atoms with Crippen LogP contribution in [0, 0.1) is 5.92 Å². The van der Waals surface area contributed by atoms with Gasteiger partial charge in [-0.2, -0.15) is 0 Å². The lowest BCUT2D eigenvalue weighted by Gasteiger charge is -2.23. The highest BCUT2D eigenvalue weighted by molar-refractivity contribution is 9.10. The largest absolute Gasteiger partial charge is 0.481 e. The van der Waals surface area contributed by atoms with Gasteiger partial charge in [-0.15, -0.1) is 0 Å². The third-order valence-electron chi connectivity index (χ3n) is 3.56. The second kappa shape index (κ2) is 4.81. The predicted molar refractivity (Wildman–Crippen MR) is 76.0 cm³/mol. The SMILES string of the molecule is O=C(O)[C@H]1CC=CC[C@H]1c1nc2ccc(Br)cc2[nH]1. The summed E-state index contributed by atoms with van der Waals surface area (Å²) >= 11 is 3.42. The standard InChI is InChI=1S/C14H13BrN2O2/c15-8-5-6-11-12(7-8)17-13(16-11)9-3-1-2-4-10(9)14(18)19/h1-2,5-7,9-10H,3-4H2,(H,16,17)(H,18,19)/t9-,10+/m1/s1. The number of rotatable bonds is 2. The van der Waals surface area contributed by atoms with Crippen LogP contribution >= 0.6 is 15.9 Å². The van der Waals surface area contributed by atoms with Crippen molar-refractivity contribution in [1.29, 1.82) is 0 Å². The zero-order chi connectivity index (χ0) is 13.4. The van der Waals surface area contributed by atoms with Crippen molar-refractivity contribution in [3.8, 4) is 0 Å². The normalized spacial score (nSPS) is 22.8. The number of imidazole rings is 1. The molecule has 98 valence electrons. The van der Waals surface area contributed by atoms with Crippen LogP contribution in [0.3, 0.4) is 0 Å². The van der Waals surface area contributed by atoms with Crippen molar-refractivity contribution in [3.63, 3.8) is 0 Å². The fourth-order valence-corrected chi connectivity index (χ4v) is 2.93. The van der Waals surface area contributed by atoms with E-state index in [2.05, 4.69) is 25.9 Å². The van der Waals surface area contributed by atoms with Crippen LogP contribution in [0.25, 0.3) is 11.0 Å². The molecule has 0 unspecified atom stereocenters. The molecule has 19 heavy (non-hydrogen) atoms. The van der Waals surface area contributed by atoms with Crippen molar-refractivity contribution in [2.24, 2.45) is 5.92 Å². The maximum Gasteiger partial charge on any atom is 0.307 e. The van der Waals surface area contributed by atoms with Gasteiger partial charge in [0.05, 0.1) is 17.0 Å². The number of hydrogen-bond acceptors (Lipinski definition) is 2. The third kappa shape index (κ3) is 2.30. The van der Waals surface area contributed by atoms with Crippen molar-refractivity contribution in [3.05, 3.63) is 40.6 Å². The van der Waals surface area contributed by atoms with E-state index in [4.69, 9.17) is 0 Å². The summed E-state index contributed by atoms with van der Waals surface area (Å²) in [6, 6.07) is 5.82. The van der Waals surface area contributed by atoms with Crippen molar-refractivity contribution >= 4 is 32.9 Å². The molecule has 0 spiro atoms. The van der Waals surface area contributed by atoms with Gasteiger partial charge in [0.1, 0.15) is 5.82 Å². The average Bonchev–Trinajstić information content (AvgIpc) is 2.81. The number of nitrogens with one attached hydrogen (secondary N) is 1. The lowest BCUT2D eigenvalue weighted by molar-refractivity contribution is -0.142. The van der Waals surface area contributed by atoms with Crippen molar-refractivity contribution in [1.82, 2.24) is 9.97 Å². The van der Waals surface area contributed by atoms with E-state index in [1.54, 1.807) is 0 Å². The highest BCUT2D eigenvalue weighted by atomic mass is 79.9. The Kier molecular flexibility index (Phi) is 3.14. The molecule has 1 heterocycles. The fourth-order valence-electron chi connectivity index (χ4n) is 2.57. The van der Waals surface area contributed by atoms with Gasteiger partial charge in [0.25, 0.3) is 0 Å². The smallest absolute Gasteiger partial charge is 0.307 e. The van der Waals surface area contributed by atoms with Crippen LogP contribution in [0.5, 0.6) is 0 Å². The molecule has 1 aromatic carbocycles.